The highest BCUT2D eigenvalue weighted by Crippen LogP contribution is 2.19. The summed E-state index contributed by atoms with van der Waals surface area (Å²) < 4.78 is 5.57. The predicted octanol–water partition coefficient (Wildman–Crippen LogP) is 3.14. The van der Waals surface area contributed by atoms with Crippen molar-refractivity contribution >= 4 is 0 Å². The van der Waals surface area contributed by atoms with Crippen molar-refractivity contribution in [2.75, 3.05) is 13.2 Å². The molecule has 0 fully saturated rings. The van der Waals surface area contributed by atoms with Crippen molar-refractivity contribution in [3.05, 3.63) is 29.8 Å². The molecule has 3 nitrogen and oxygen atoms in total. The molecular weight excluding hydrogens is 238 g/mol. The molecule has 0 spiro atoms. The third-order valence-corrected chi connectivity index (χ3v) is 3.51. The second-order valence-corrected chi connectivity index (χ2v) is 5.25. The molecule has 1 rings (SSSR count). The van der Waals surface area contributed by atoms with Gasteiger partial charge in [-0.2, -0.15) is 0 Å². The molecule has 0 bridgehead atoms. The van der Waals surface area contributed by atoms with Gasteiger partial charge in [-0.05, 0) is 43.9 Å². The first-order valence-electron chi connectivity index (χ1n) is 7.18. The van der Waals surface area contributed by atoms with Crippen LogP contribution in [-0.2, 0) is 0 Å². The Balaban J connectivity index is 2.55. The standard InChI is InChI=1S/C16H27NO2/c1-5-10-19-16-8-6-15(7-9-16)14(4)17-13(3)12(2)11-18/h6-9,12-14,17-18H,5,10-11H2,1-4H3. The van der Waals surface area contributed by atoms with Gasteiger partial charge in [0.1, 0.15) is 5.75 Å². The third-order valence-electron chi connectivity index (χ3n) is 3.51. The maximum Gasteiger partial charge on any atom is 0.119 e. The van der Waals surface area contributed by atoms with Crippen molar-refractivity contribution in [1.29, 1.82) is 0 Å². The molecule has 2 N–H and O–H groups in total. The fourth-order valence-electron chi connectivity index (χ4n) is 1.89. The fourth-order valence-corrected chi connectivity index (χ4v) is 1.89. The van der Waals surface area contributed by atoms with Crippen LogP contribution in [0.5, 0.6) is 5.75 Å². The molecule has 0 radical (unpaired) electrons. The Labute approximate surface area is 117 Å². The van der Waals surface area contributed by atoms with Crippen LogP contribution in [0.25, 0.3) is 0 Å². The molecule has 3 atom stereocenters. The lowest BCUT2D eigenvalue weighted by molar-refractivity contribution is 0.202. The number of ether oxygens (including phenoxy) is 1. The van der Waals surface area contributed by atoms with Gasteiger partial charge in [0, 0.05) is 18.7 Å². The topological polar surface area (TPSA) is 41.5 Å². The van der Waals surface area contributed by atoms with Gasteiger partial charge in [-0.3, -0.25) is 0 Å². The van der Waals surface area contributed by atoms with Gasteiger partial charge >= 0.3 is 0 Å². The summed E-state index contributed by atoms with van der Waals surface area (Å²) in [5.41, 5.74) is 1.24. The zero-order chi connectivity index (χ0) is 14.3. The third kappa shape index (κ3) is 5.21. The van der Waals surface area contributed by atoms with E-state index in [1.54, 1.807) is 0 Å². The van der Waals surface area contributed by atoms with Crippen LogP contribution in [0.1, 0.15) is 45.7 Å². The van der Waals surface area contributed by atoms with E-state index in [1.165, 1.54) is 5.56 Å². The summed E-state index contributed by atoms with van der Waals surface area (Å²) in [6, 6.07) is 8.78. The zero-order valence-electron chi connectivity index (χ0n) is 12.5. The van der Waals surface area contributed by atoms with Gasteiger partial charge in [0.2, 0.25) is 0 Å². The summed E-state index contributed by atoms with van der Waals surface area (Å²) in [5, 5.41) is 12.7. The van der Waals surface area contributed by atoms with E-state index in [4.69, 9.17) is 9.84 Å². The lowest BCUT2D eigenvalue weighted by Crippen LogP contribution is -2.35. The molecule has 1 aromatic rings. The first-order valence-corrected chi connectivity index (χ1v) is 7.18. The summed E-state index contributed by atoms with van der Waals surface area (Å²) in [7, 11) is 0. The molecule has 0 heterocycles. The minimum atomic E-state index is 0.213. The van der Waals surface area contributed by atoms with Crippen LogP contribution in [0, 0.1) is 5.92 Å². The van der Waals surface area contributed by atoms with E-state index in [0.717, 1.165) is 18.8 Å². The molecule has 0 aliphatic rings. The highest BCUT2D eigenvalue weighted by Gasteiger charge is 2.14. The van der Waals surface area contributed by atoms with Crippen molar-refractivity contribution < 1.29 is 9.84 Å². The molecule has 3 heteroatoms. The Hall–Kier alpha value is -1.06. The molecule has 0 aliphatic heterocycles. The van der Waals surface area contributed by atoms with Crippen LogP contribution < -0.4 is 10.1 Å². The van der Waals surface area contributed by atoms with Crippen molar-refractivity contribution in [2.45, 2.75) is 46.2 Å². The van der Waals surface area contributed by atoms with Gasteiger partial charge in [-0.25, -0.2) is 0 Å². The van der Waals surface area contributed by atoms with Gasteiger partial charge in [0.15, 0.2) is 0 Å². The average Bonchev–Trinajstić information content (AvgIpc) is 2.44. The van der Waals surface area contributed by atoms with Crippen LogP contribution in [-0.4, -0.2) is 24.4 Å². The molecule has 0 saturated heterocycles. The number of hydrogen-bond donors (Lipinski definition) is 2. The lowest BCUT2D eigenvalue weighted by Gasteiger charge is -2.24. The highest BCUT2D eigenvalue weighted by atomic mass is 16.5. The summed E-state index contributed by atoms with van der Waals surface area (Å²) >= 11 is 0. The minimum Gasteiger partial charge on any atom is -0.494 e. The molecule has 0 amide bonds. The van der Waals surface area contributed by atoms with E-state index < -0.39 is 0 Å². The number of hydrogen-bond acceptors (Lipinski definition) is 3. The second kappa shape index (κ2) is 8.18. The van der Waals surface area contributed by atoms with Crippen molar-refractivity contribution in [1.82, 2.24) is 5.32 Å². The predicted molar refractivity (Wildman–Crippen MR) is 79.5 cm³/mol. The first-order chi connectivity index (χ1) is 9.08. The highest BCUT2D eigenvalue weighted by molar-refractivity contribution is 5.29. The van der Waals surface area contributed by atoms with E-state index in [-0.39, 0.29) is 24.6 Å². The molecule has 0 aliphatic carbocycles. The quantitative estimate of drug-likeness (QED) is 0.758. The van der Waals surface area contributed by atoms with Gasteiger partial charge in [-0.15, -0.1) is 0 Å². The van der Waals surface area contributed by atoms with Crippen molar-refractivity contribution in [3.8, 4) is 5.75 Å². The van der Waals surface area contributed by atoms with Gasteiger partial charge in [-0.1, -0.05) is 26.0 Å². The van der Waals surface area contributed by atoms with E-state index in [2.05, 4.69) is 38.2 Å². The summed E-state index contributed by atoms with van der Waals surface area (Å²) in [6.45, 7) is 9.37. The van der Waals surface area contributed by atoms with E-state index in [9.17, 15) is 0 Å². The van der Waals surface area contributed by atoms with Gasteiger partial charge < -0.3 is 15.2 Å². The van der Waals surface area contributed by atoms with Crippen molar-refractivity contribution in [2.24, 2.45) is 5.92 Å². The van der Waals surface area contributed by atoms with Gasteiger partial charge in [0.25, 0.3) is 0 Å². The van der Waals surface area contributed by atoms with E-state index in [0.29, 0.717) is 0 Å². The maximum atomic E-state index is 9.15. The number of nitrogens with one attached hydrogen (secondary N) is 1. The molecule has 0 saturated carbocycles. The minimum absolute atomic E-state index is 0.213. The van der Waals surface area contributed by atoms with Crippen LogP contribution >= 0.6 is 0 Å². The number of aliphatic hydroxyl groups excluding tert-OH is 1. The summed E-state index contributed by atoms with van der Waals surface area (Å²) in [6.07, 6.45) is 1.02. The normalized spacial score (nSPS) is 15.8. The lowest BCUT2D eigenvalue weighted by atomic mass is 10.0. The Morgan fingerprint density at radius 2 is 1.79 bits per heavy atom. The average molecular weight is 265 g/mol. The Kier molecular flexibility index (Phi) is 6.89. The number of rotatable bonds is 8. The first kappa shape index (κ1) is 16.0. The summed E-state index contributed by atoms with van der Waals surface area (Å²) in [4.78, 5) is 0. The molecule has 19 heavy (non-hydrogen) atoms. The molecule has 0 aromatic heterocycles. The Morgan fingerprint density at radius 3 is 2.32 bits per heavy atom. The van der Waals surface area contributed by atoms with Crippen LogP contribution in [0.2, 0.25) is 0 Å². The van der Waals surface area contributed by atoms with Crippen LogP contribution in [0.3, 0.4) is 0 Å². The van der Waals surface area contributed by atoms with Crippen LogP contribution in [0.4, 0.5) is 0 Å². The zero-order valence-corrected chi connectivity index (χ0v) is 12.5. The van der Waals surface area contributed by atoms with Crippen molar-refractivity contribution in [3.63, 3.8) is 0 Å². The number of aliphatic hydroxyl groups is 1. The molecule has 3 unspecified atom stereocenters. The van der Waals surface area contributed by atoms with Gasteiger partial charge in [0.05, 0.1) is 6.61 Å². The molecule has 1 aromatic carbocycles. The summed E-state index contributed by atoms with van der Waals surface area (Å²) in [5.74, 6) is 1.18. The van der Waals surface area contributed by atoms with E-state index >= 15 is 0 Å². The van der Waals surface area contributed by atoms with Crippen LogP contribution in [0.15, 0.2) is 24.3 Å². The Bertz CT molecular complexity index is 350. The monoisotopic (exact) mass is 265 g/mol. The largest absolute Gasteiger partial charge is 0.494 e. The second-order valence-electron chi connectivity index (χ2n) is 5.25. The van der Waals surface area contributed by atoms with E-state index in [1.807, 2.05) is 19.1 Å². The SMILES string of the molecule is CCCOc1ccc(C(C)NC(C)C(C)CO)cc1. The fraction of sp³-hybridized carbons (Fsp3) is 0.625. The smallest absolute Gasteiger partial charge is 0.119 e. The molecule has 108 valence electrons. The number of benzene rings is 1. The molecular formula is C16H27NO2. The Morgan fingerprint density at radius 1 is 1.16 bits per heavy atom. The maximum absolute atomic E-state index is 9.15.